The lowest BCUT2D eigenvalue weighted by Crippen LogP contribution is -2.03. The van der Waals surface area contributed by atoms with Gasteiger partial charge in [0, 0.05) is 24.9 Å². The molecule has 0 spiro atoms. The molecule has 2 rings (SSSR count). The van der Waals surface area contributed by atoms with Crippen LogP contribution in [0.2, 0.25) is 0 Å². The molecule has 0 unspecified atom stereocenters. The number of nitrogens with one attached hydrogen (secondary N) is 1. The molecule has 6 nitrogen and oxygen atoms in total. The van der Waals surface area contributed by atoms with Gasteiger partial charge in [0.15, 0.2) is 0 Å². The Balaban J connectivity index is 2.19. The molecule has 1 N–H and O–H groups in total. The molecule has 0 aliphatic heterocycles. The number of aromatic nitrogens is 1. The fourth-order valence-electron chi connectivity index (χ4n) is 1.89. The van der Waals surface area contributed by atoms with Crippen LogP contribution in [0.4, 0.5) is 11.5 Å². The number of benzene rings is 1. The van der Waals surface area contributed by atoms with Crippen LogP contribution in [0.5, 0.6) is 5.75 Å². The van der Waals surface area contributed by atoms with Gasteiger partial charge in [-0.15, -0.1) is 0 Å². The van der Waals surface area contributed by atoms with Gasteiger partial charge < -0.3 is 10.1 Å². The van der Waals surface area contributed by atoms with Crippen LogP contribution in [0.1, 0.15) is 11.1 Å². The summed E-state index contributed by atoms with van der Waals surface area (Å²) in [5.74, 6) is 1.24. The minimum Gasteiger partial charge on any atom is -0.488 e. The molecule has 0 fully saturated rings. The number of anilines is 1. The molecule has 0 aliphatic carbocycles. The van der Waals surface area contributed by atoms with Crippen LogP contribution in [0.15, 0.2) is 36.5 Å². The third-order valence-corrected chi connectivity index (χ3v) is 2.96. The van der Waals surface area contributed by atoms with Crippen LogP contribution in [0.25, 0.3) is 0 Å². The highest BCUT2D eigenvalue weighted by molar-refractivity contribution is 5.49. The third-order valence-electron chi connectivity index (χ3n) is 2.96. The van der Waals surface area contributed by atoms with E-state index in [1.54, 1.807) is 32.3 Å². The second-order valence-electron chi connectivity index (χ2n) is 4.21. The predicted octanol–water partition coefficient (Wildman–Crippen LogP) is 2.92. The number of pyridine rings is 1. The second kappa shape index (κ2) is 6.01. The summed E-state index contributed by atoms with van der Waals surface area (Å²) in [4.78, 5) is 14.6. The van der Waals surface area contributed by atoms with Crippen LogP contribution in [-0.2, 0) is 6.61 Å². The molecular weight excluding hydrogens is 258 g/mol. The number of hydrogen-bond acceptors (Lipinski definition) is 5. The van der Waals surface area contributed by atoms with Crippen molar-refractivity contribution in [2.24, 2.45) is 0 Å². The third kappa shape index (κ3) is 2.85. The van der Waals surface area contributed by atoms with E-state index in [-0.39, 0.29) is 5.69 Å². The number of nitro benzene ring substituents is 1. The number of nitrogens with zero attached hydrogens (tertiary/aromatic N) is 2. The van der Waals surface area contributed by atoms with Gasteiger partial charge in [-0.05, 0) is 19.1 Å². The van der Waals surface area contributed by atoms with Crippen LogP contribution < -0.4 is 10.1 Å². The molecule has 0 saturated carbocycles. The van der Waals surface area contributed by atoms with Gasteiger partial charge in [-0.2, -0.15) is 0 Å². The highest BCUT2D eigenvalue weighted by Gasteiger charge is 2.14. The average molecular weight is 273 g/mol. The normalized spacial score (nSPS) is 10.1. The molecule has 0 amide bonds. The van der Waals surface area contributed by atoms with Gasteiger partial charge in [-0.1, -0.05) is 12.1 Å². The topological polar surface area (TPSA) is 77.3 Å². The lowest BCUT2D eigenvalue weighted by molar-refractivity contribution is -0.385. The van der Waals surface area contributed by atoms with Crippen molar-refractivity contribution in [3.05, 3.63) is 57.8 Å². The lowest BCUT2D eigenvalue weighted by atomic mass is 10.2. The second-order valence-corrected chi connectivity index (χ2v) is 4.21. The van der Waals surface area contributed by atoms with E-state index in [0.29, 0.717) is 17.9 Å². The summed E-state index contributed by atoms with van der Waals surface area (Å²) in [5, 5.41) is 13.9. The molecule has 1 aromatic carbocycles. The predicted molar refractivity (Wildman–Crippen MR) is 75.9 cm³/mol. The molecule has 2 aromatic rings. The number of rotatable bonds is 5. The Labute approximate surface area is 116 Å². The van der Waals surface area contributed by atoms with Gasteiger partial charge >= 0.3 is 0 Å². The van der Waals surface area contributed by atoms with Crippen molar-refractivity contribution in [1.29, 1.82) is 0 Å². The SMILES string of the molecule is CNc1ncccc1COc1cccc([N+](=O)[O-])c1C. The number of hydrogen-bond donors (Lipinski definition) is 1. The fraction of sp³-hybridized carbons (Fsp3) is 0.214. The highest BCUT2D eigenvalue weighted by Crippen LogP contribution is 2.28. The van der Waals surface area contributed by atoms with Gasteiger partial charge in [0.2, 0.25) is 0 Å². The van der Waals surface area contributed by atoms with E-state index in [9.17, 15) is 10.1 Å². The van der Waals surface area contributed by atoms with E-state index in [0.717, 1.165) is 11.4 Å². The van der Waals surface area contributed by atoms with Crippen molar-refractivity contribution >= 4 is 11.5 Å². The maximum absolute atomic E-state index is 10.9. The Bertz CT molecular complexity index is 629. The maximum Gasteiger partial charge on any atom is 0.276 e. The smallest absolute Gasteiger partial charge is 0.276 e. The molecular formula is C14H15N3O3. The Kier molecular flexibility index (Phi) is 4.14. The van der Waals surface area contributed by atoms with Gasteiger partial charge in [0.25, 0.3) is 5.69 Å². The number of ether oxygens (including phenoxy) is 1. The number of nitro groups is 1. The molecule has 20 heavy (non-hydrogen) atoms. The van der Waals surface area contributed by atoms with Crippen molar-refractivity contribution in [2.45, 2.75) is 13.5 Å². The molecule has 1 aromatic heterocycles. The lowest BCUT2D eigenvalue weighted by Gasteiger charge is -2.11. The van der Waals surface area contributed by atoms with Crippen LogP contribution in [0, 0.1) is 17.0 Å². The Morgan fingerprint density at radius 3 is 2.85 bits per heavy atom. The first-order valence-electron chi connectivity index (χ1n) is 6.12. The summed E-state index contributed by atoms with van der Waals surface area (Å²) in [7, 11) is 1.78. The largest absolute Gasteiger partial charge is 0.488 e. The summed E-state index contributed by atoms with van der Waals surface area (Å²) in [6.45, 7) is 1.97. The average Bonchev–Trinajstić information content (AvgIpc) is 2.46. The Morgan fingerprint density at radius 2 is 2.15 bits per heavy atom. The van der Waals surface area contributed by atoms with Crippen molar-refractivity contribution in [3.8, 4) is 5.75 Å². The molecule has 104 valence electrons. The summed E-state index contributed by atoms with van der Waals surface area (Å²) in [6.07, 6.45) is 1.69. The standard InChI is InChI=1S/C14H15N3O3/c1-10-12(17(18)19)6-3-7-13(10)20-9-11-5-4-8-16-14(11)15-2/h3-8H,9H2,1-2H3,(H,15,16). The van der Waals surface area contributed by atoms with E-state index in [4.69, 9.17) is 4.74 Å². The highest BCUT2D eigenvalue weighted by atomic mass is 16.6. The zero-order valence-corrected chi connectivity index (χ0v) is 11.3. The molecule has 0 bridgehead atoms. The Hall–Kier alpha value is -2.63. The van der Waals surface area contributed by atoms with Crippen molar-refractivity contribution < 1.29 is 9.66 Å². The molecule has 0 saturated heterocycles. The summed E-state index contributed by atoms with van der Waals surface area (Å²) in [6, 6.07) is 8.51. The summed E-state index contributed by atoms with van der Waals surface area (Å²) < 4.78 is 5.67. The monoisotopic (exact) mass is 273 g/mol. The quantitative estimate of drug-likeness (QED) is 0.669. The molecule has 6 heteroatoms. The minimum absolute atomic E-state index is 0.0579. The zero-order chi connectivity index (χ0) is 14.5. The molecule has 0 aliphatic rings. The van der Waals surface area contributed by atoms with Crippen molar-refractivity contribution in [2.75, 3.05) is 12.4 Å². The van der Waals surface area contributed by atoms with Crippen LogP contribution in [0.3, 0.4) is 0 Å². The first-order chi connectivity index (χ1) is 9.63. The van der Waals surface area contributed by atoms with Crippen LogP contribution in [-0.4, -0.2) is 17.0 Å². The summed E-state index contributed by atoms with van der Waals surface area (Å²) in [5.41, 5.74) is 1.47. The minimum atomic E-state index is -0.411. The molecule has 1 heterocycles. The first kappa shape index (κ1) is 13.8. The van der Waals surface area contributed by atoms with Crippen LogP contribution >= 0.6 is 0 Å². The van der Waals surface area contributed by atoms with E-state index in [1.165, 1.54) is 6.07 Å². The van der Waals surface area contributed by atoms with Crippen molar-refractivity contribution in [1.82, 2.24) is 4.98 Å². The summed E-state index contributed by atoms with van der Waals surface area (Å²) >= 11 is 0. The van der Waals surface area contributed by atoms with Gasteiger partial charge in [0.1, 0.15) is 18.2 Å². The van der Waals surface area contributed by atoms with E-state index in [1.807, 2.05) is 12.1 Å². The van der Waals surface area contributed by atoms with Gasteiger partial charge in [-0.3, -0.25) is 10.1 Å². The van der Waals surface area contributed by atoms with Gasteiger partial charge in [-0.25, -0.2) is 4.98 Å². The van der Waals surface area contributed by atoms with E-state index < -0.39 is 4.92 Å². The Morgan fingerprint density at radius 1 is 1.35 bits per heavy atom. The van der Waals surface area contributed by atoms with Crippen molar-refractivity contribution in [3.63, 3.8) is 0 Å². The molecule has 0 atom stereocenters. The van der Waals surface area contributed by atoms with E-state index in [2.05, 4.69) is 10.3 Å². The zero-order valence-electron chi connectivity index (χ0n) is 11.3. The van der Waals surface area contributed by atoms with E-state index >= 15 is 0 Å². The first-order valence-corrected chi connectivity index (χ1v) is 6.12. The maximum atomic E-state index is 10.9. The fourth-order valence-corrected chi connectivity index (χ4v) is 1.89. The van der Waals surface area contributed by atoms with Gasteiger partial charge in [0.05, 0.1) is 10.5 Å². The molecule has 0 radical (unpaired) electrons.